The second-order valence-corrected chi connectivity index (χ2v) is 6.59. The zero-order chi connectivity index (χ0) is 17.2. The molecule has 5 nitrogen and oxygen atoms in total. The van der Waals surface area contributed by atoms with Crippen LogP contribution in [0.1, 0.15) is 5.56 Å². The van der Waals surface area contributed by atoms with Gasteiger partial charge in [0.2, 0.25) is 5.91 Å². The predicted molar refractivity (Wildman–Crippen MR) is 93.0 cm³/mol. The van der Waals surface area contributed by atoms with E-state index in [0.717, 1.165) is 13.1 Å². The highest BCUT2D eigenvalue weighted by Crippen LogP contribution is 2.42. The second-order valence-electron chi connectivity index (χ2n) is 6.16. The number of morpholine rings is 1. The number of phenols is 1. The Bertz CT molecular complexity index is 683. The van der Waals surface area contributed by atoms with Gasteiger partial charge in [0.25, 0.3) is 0 Å². The number of carbonyl (C=O) groups is 1. The molecule has 0 bridgehead atoms. The molecule has 2 aliphatic rings. The SMILES string of the molecule is NC(=O)C1(c2cc(Cl)ccc2O)C=CC=CC1CN1CCOCC1. The molecule has 0 spiro atoms. The van der Waals surface area contributed by atoms with Crippen LogP contribution < -0.4 is 5.73 Å². The molecular formula is C18H21ClN2O3. The third-order valence-corrected chi connectivity index (χ3v) is 5.00. The largest absolute Gasteiger partial charge is 0.508 e. The number of aromatic hydroxyl groups is 1. The Balaban J connectivity index is 2.02. The molecule has 1 aliphatic carbocycles. The predicted octanol–water partition coefficient (Wildman–Crippen LogP) is 1.84. The van der Waals surface area contributed by atoms with Gasteiger partial charge >= 0.3 is 0 Å². The summed E-state index contributed by atoms with van der Waals surface area (Å²) in [6, 6.07) is 4.71. The molecule has 0 aromatic heterocycles. The molecule has 3 rings (SSSR count). The zero-order valence-electron chi connectivity index (χ0n) is 13.3. The van der Waals surface area contributed by atoms with Crippen molar-refractivity contribution in [2.45, 2.75) is 5.41 Å². The number of primary amides is 1. The second kappa shape index (κ2) is 6.97. The van der Waals surface area contributed by atoms with Crippen LogP contribution in [0.4, 0.5) is 0 Å². The standard InChI is InChI=1S/C18H21ClN2O3/c19-14-4-5-16(22)15(11-14)18(17(20)23)6-2-1-3-13(18)12-21-7-9-24-10-8-21/h1-6,11,13,22H,7-10,12H2,(H2,20,23). The maximum absolute atomic E-state index is 12.5. The number of allylic oxidation sites excluding steroid dienone is 2. The van der Waals surface area contributed by atoms with Crippen molar-refractivity contribution in [2.24, 2.45) is 11.7 Å². The van der Waals surface area contributed by atoms with Gasteiger partial charge in [-0.05, 0) is 18.2 Å². The Morgan fingerprint density at radius 2 is 2.12 bits per heavy atom. The first kappa shape index (κ1) is 17.0. The van der Waals surface area contributed by atoms with Gasteiger partial charge in [-0.3, -0.25) is 9.69 Å². The number of phenolic OH excluding ortho intramolecular Hbond substituents is 1. The zero-order valence-corrected chi connectivity index (χ0v) is 14.1. The fraction of sp³-hybridized carbons (Fsp3) is 0.389. The summed E-state index contributed by atoms with van der Waals surface area (Å²) in [5.41, 5.74) is 5.15. The summed E-state index contributed by atoms with van der Waals surface area (Å²) in [6.45, 7) is 3.63. The van der Waals surface area contributed by atoms with Crippen molar-refractivity contribution < 1.29 is 14.6 Å². The highest BCUT2D eigenvalue weighted by Gasteiger charge is 2.46. The van der Waals surface area contributed by atoms with E-state index in [0.29, 0.717) is 30.3 Å². The first-order chi connectivity index (χ1) is 11.5. The lowest BCUT2D eigenvalue weighted by atomic mass is 9.67. The first-order valence-corrected chi connectivity index (χ1v) is 8.37. The van der Waals surface area contributed by atoms with Gasteiger partial charge in [0.1, 0.15) is 11.2 Å². The van der Waals surface area contributed by atoms with Gasteiger partial charge in [-0.25, -0.2) is 0 Å². The van der Waals surface area contributed by atoms with E-state index in [2.05, 4.69) is 4.90 Å². The molecule has 1 aromatic carbocycles. The topological polar surface area (TPSA) is 75.8 Å². The number of rotatable bonds is 4. The molecule has 1 fully saturated rings. The number of benzene rings is 1. The molecule has 0 saturated carbocycles. The number of carbonyl (C=O) groups excluding carboxylic acids is 1. The van der Waals surface area contributed by atoms with Crippen molar-refractivity contribution in [3.05, 3.63) is 53.1 Å². The van der Waals surface area contributed by atoms with Crippen LogP contribution in [-0.4, -0.2) is 48.8 Å². The minimum atomic E-state index is -1.12. The molecule has 1 saturated heterocycles. The molecule has 128 valence electrons. The highest BCUT2D eigenvalue weighted by molar-refractivity contribution is 6.30. The highest BCUT2D eigenvalue weighted by atomic mass is 35.5. The minimum absolute atomic E-state index is 0.0186. The van der Waals surface area contributed by atoms with Gasteiger partial charge in [0, 0.05) is 36.1 Å². The molecule has 6 heteroatoms. The van der Waals surface area contributed by atoms with E-state index in [-0.39, 0.29) is 11.7 Å². The number of hydrogen-bond donors (Lipinski definition) is 2. The Hall–Kier alpha value is -1.82. The van der Waals surface area contributed by atoms with Crippen LogP contribution in [0.15, 0.2) is 42.5 Å². The van der Waals surface area contributed by atoms with Crippen molar-refractivity contribution in [3.63, 3.8) is 0 Å². The van der Waals surface area contributed by atoms with E-state index in [4.69, 9.17) is 22.1 Å². The number of nitrogens with zero attached hydrogens (tertiary/aromatic N) is 1. The summed E-state index contributed by atoms with van der Waals surface area (Å²) in [6.07, 6.45) is 7.45. The molecule has 1 amide bonds. The number of hydrogen-bond acceptors (Lipinski definition) is 4. The molecule has 1 heterocycles. The maximum Gasteiger partial charge on any atom is 0.232 e. The quantitative estimate of drug-likeness (QED) is 0.870. The van der Waals surface area contributed by atoms with Crippen LogP contribution in [0.3, 0.4) is 0 Å². The first-order valence-electron chi connectivity index (χ1n) is 7.99. The molecule has 0 radical (unpaired) electrons. The summed E-state index contributed by atoms with van der Waals surface area (Å²) in [7, 11) is 0. The summed E-state index contributed by atoms with van der Waals surface area (Å²) < 4.78 is 5.39. The van der Waals surface area contributed by atoms with E-state index in [1.54, 1.807) is 24.3 Å². The normalized spacial score (nSPS) is 27.3. The fourth-order valence-corrected chi connectivity index (χ4v) is 3.65. The molecule has 3 N–H and O–H groups in total. The van der Waals surface area contributed by atoms with Crippen LogP contribution in [0.5, 0.6) is 5.75 Å². The average molecular weight is 349 g/mol. The van der Waals surface area contributed by atoms with Crippen LogP contribution in [0.25, 0.3) is 0 Å². The van der Waals surface area contributed by atoms with Gasteiger partial charge in [-0.15, -0.1) is 0 Å². The van der Waals surface area contributed by atoms with Crippen molar-refractivity contribution in [2.75, 3.05) is 32.8 Å². The van der Waals surface area contributed by atoms with Crippen LogP contribution in [-0.2, 0) is 14.9 Å². The van der Waals surface area contributed by atoms with E-state index in [1.165, 1.54) is 6.07 Å². The van der Waals surface area contributed by atoms with Gasteiger partial charge in [0.15, 0.2) is 0 Å². The summed E-state index contributed by atoms with van der Waals surface area (Å²) in [5.74, 6) is -0.675. The summed E-state index contributed by atoms with van der Waals surface area (Å²) >= 11 is 6.11. The molecule has 1 aromatic rings. The molecule has 1 aliphatic heterocycles. The van der Waals surface area contributed by atoms with Gasteiger partial charge < -0.3 is 15.6 Å². The number of nitrogens with two attached hydrogens (primary N) is 1. The summed E-state index contributed by atoms with van der Waals surface area (Å²) in [4.78, 5) is 14.8. The van der Waals surface area contributed by atoms with E-state index in [1.807, 2.05) is 12.2 Å². The Labute approximate surface area is 146 Å². The van der Waals surface area contributed by atoms with E-state index >= 15 is 0 Å². The van der Waals surface area contributed by atoms with Crippen molar-refractivity contribution in [1.82, 2.24) is 4.90 Å². The van der Waals surface area contributed by atoms with Crippen LogP contribution in [0, 0.1) is 5.92 Å². The summed E-state index contributed by atoms with van der Waals surface area (Å²) in [5, 5.41) is 10.8. The van der Waals surface area contributed by atoms with Crippen molar-refractivity contribution in [3.8, 4) is 5.75 Å². The lowest BCUT2D eigenvalue weighted by Gasteiger charge is -2.40. The maximum atomic E-state index is 12.5. The molecule has 2 unspecified atom stereocenters. The number of halogens is 1. The van der Waals surface area contributed by atoms with Gasteiger partial charge in [-0.2, -0.15) is 0 Å². The minimum Gasteiger partial charge on any atom is -0.508 e. The monoisotopic (exact) mass is 348 g/mol. The van der Waals surface area contributed by atoms with Crippen LogP contribution >= 0.6 is 11.6 Å². The fourth-order valence-electron chi connectivity index (χ4n) is 3.47. The lowest BCUT2D eigenvalue weighted by molar-refractivity contribution is -0.123. The number of amides is 1. The van der Waals surface area contributed by atoms with E-state index in [9.17, 15) is 9.90 Å². The average Bonchev–Trinajstić information content (AvgIpc) is 2.58. The number of ether oxygens (including phenoxy) is 1. The Kier molecular flexibility index (Phi) is 4.94. The molecule has 24 heavy (non-hydrogen) atoms. The van der Waals surface area contributed by atoms with Gasteiger partial charge in [-0.1, -0.05) is 35.9 Å². The third-order valence-electron chi connectivity index (χ3n) is 4.77. The Morgan fingerprint density at radius 1 is 1.38 bits per heavy atom. The van der Waals surface area contributed by atoms with E-state index < -0.39 is 11.3 Å². The Morgan fingerprint density at radius 3 is 2.83 bits per heavy atom. The van der Waals surface area contributed by atoms with Crippen molar-refractivity contribution >= 4 is 17.5 Å². The van der Waals surface area contributed by atoms with Gasteiger partial charge in [0.05, 0.1) is 13.2 Å². The molecule has 2 atom stereocenters. The smallest absolute Gasteiger partial charge is 0.232 e. The lowest BCUT2D eigenvalue weighted by Crippen LogP contribution is -2.51. The third kappa shape index (κ3) is 3.07. The molecular weight excluding hydrogens is 328 g/mol. The van der Waals surface area contributed by atoms with Crippen LogP contribution in [0.2, 0.25) is 5.02 Å². The van der Waals surface area contributed by atoms with Crippen molar-refractivity contribution in [1.29, 1.82) is 0 Å².